The molecule has 6 rings (SSSR count). The molecule has 5 heterocycles. The molecule has 1 aliphatic heterocycles. The maximum atomic E-state index is 4.96. The van der Waals surface area contributed by atoms with Crippen LogP contribution in [0.15, 0.2) is 66.9 Å². The number of hydrogen-bond donors (Lipinski definition) is 3. The van der Waals surface area contributed by atoms with Crippen molar-refractivity contribution in [3.63, 3.8) is 0 Å². The predicted molar refractivity (Wildman–Crippen MR) is 120 cm³/mol. The molecule has 30 heavy (non-hydrogen) atoms. The molecule has 0 saturated carbocycles. The highest BCUT2D eigenvalue weighted by Gasteiger charge is 2.16. The number of benzene rings is 1. The first-order chi connectivity index (χ1) is 14.9. The minimum absolute atomic E-state index is 0.838. The smallest absolute Gasteiger partial charge is 0.135 e. The zero-order valence-electron chi connectivity index (χ0n) is 16.3. The van der Waals surface area contributed by atoms with Crippen LogP contribution < -0.4 is 5.32 Å². The van der Waals surface area contributed by atoms with Gasteiger partial charge < -0.3 is 10.3 Å². The van der Waals surface area contributed by atoms with Crippen molar-refractivity contribution in [1.29, 1.82) is 0 Å². The summed E-state index contributed by atoms with van der Waals surface area (Å²) < 4.78 is 0. The van der Waals surface area contributed by atoms with Crippen LogP contribution in [0.25, 0.3) is 50.2 Å². The highest BCUT2D eigenvalue weighted by Crippen LogP contribution is 2.33. The van der Waals surface area contributed by atoms with E-state index in [4.69, 9.17) is 4.98 Å². The van der Waals surface area contributed by atoms with Crippen molar-refractivity contribution < 1.29 is 0 Å². The van der Waals surface area contributed by atoms with E-state index in [0.717, 1.165) is 69.8 Å². The summed E-state index contributed by atoms with van der Waals surface area (Å²) in [7, 11) is 0. The van der Waals surface area contributed by atoms with Crippen LogP contribution in [0, 0.1) is 0 Å². The van der Waals surface area contributed by atoms with Gasteiger partial charge in [0.05, 0.1) is 22.6 Å². The van der Waals surface area contributed by atoms with Crippen LogP contribution in [0.4, 0.5) is 0 Å². The molecular weight excluding hydrogens is 372 g/mol. The fraction of sp³-hybridized carbons (Fsp3) is 0.125. The predicted octanol–water partition coefficient (Wildman–Crippen LogP) is 4.54. The van der Waals surface area contributed by atoms with E-state index in [9.17, 15) is 0 Å². The Morgan fingerprint density at radius 2 is 1.90 bits per heavy atom. The van der Waals surface area contributed by atoms with Gasteiger partial charge >= 0.3 is 0 Å². The Hall–Kier alpha value is -3.77. The first-order valence-corrected chi connectivity index (χ1v) is 10.2. The van der Waals surface area contributed by atoms with Gasteiger partial charge in [-0.25, -0.2) is 4.98 Å². The number of nitrogens with zero attached hydrogens (tertiary/aromatic N) is 3. The van der Waals surface area contributed by atoms with E-state index in [2.05, 4.69) is 68.0 Å². The Labute approximate surface area is 173 Å². The second-order valence-corrected chi connectivity index (χ2v) is 7.51. The van der Waals surface area contributed by atoms with E-state index in [1.54, 1.807) is 0 Å². The van der Waals surface area contributed by atoms with Gasteiger partial charge in [0.25, 0.3) is 0 Å². The van der Waals surface area contributed by atoms with Gasteiger partial charge in [-0.15, -0.1) is 0 Å². The average Bonchev–Trinajstić information content (AvgIpc) is 3.43. The number of H-pyrrole nitrogens is 2. The van der Waals surface area contributed by atoms with Gasteiger partial charge in [-0.3, -0.25) is 10.1 Å². The molecule has 1 aromatic carbocycles. The van der Waals surface area contributed by atoms with Crippen molar-refractivity contribution in [2.75, 3.05) is 13.1 Å². The number of aromatic amines is 2. The Balaban J connectivity index is 1.50. The fourth-order valence-electron chi connectivity index (χ4n) is 4.15. The van der Waals surface area contributed by atoms with E-state index in [1.807, 2.05) is 24.4 Å². The van der Waals surface area contributed by atoms with Crippen molar-refractivity contribution in [1.82, 2.24) is 30.5 Å². The topological polar surface area (TPSA) is 82.3 Å². The Morgan fingerprint density at radius 3 is 2.77 bits per heavy atom. The quantitative estimate of drug-likeness (QED) is 0.421. The second kappa shape index (κ2) is 6.93. The number of nitrogens with one attached hydrogen (secondary N) is 3. The summed E-state index contributed by atoms with van der Waals surface area (Å²) >= 11 is 0. The molecule has 1 aliphatic rings. The molecule has 4 aromatic heterocycles. The minimum atomic E-state index is 0.838. The molecule has 6 nitrogen and oxygen atoms in total. The van der Waals surface area contributed by atoms with E-state index in [-0.39, 0.29) is 0 Å². The standard InChI is InChI=1S/C24H20N6/c1-2-11-26-19(5-1)16-4-3-6-20-17(16)14-22(27-20)24-23-21(29-30-24)8-7-18(28-23)15-9-12-25-13-10-15/h1-9,11,14,25,27H,10,12-13H2,(H,29,30). The largest absolute Gasteiger partial charge is 0.353 e. The molecule has 6 heteroatoms. The molecule has 0 radical (unpaired) electrons. The van der Waals surface area contributed by atoms with Crippen LogP contribution in [0.3, 0.4) is 0 Å². The lowest BCUT2D eigenvalue weighted by Gasteiger charge is -2.13. The normalized spacial score (nSPS) is 14.3. The zero-order valence-corrected chi connectivity index (χ0v) is 16.3. The molecule has 0 spiro atoms. The van der Waals surface area contributed by atoms with Crippen molar-refractivity contribution in [3.05, 3.63) is 72.6 Å². The van der Waals surface area contributed by atoms with E-state index >= 15 is 0 Å². The van der Waals surface area contributed by atoms with Crippen molar-refractivity contribution in [2.45, 2.75) is 6.42 Å². The molecule has 0 fully saturated rings. The summed E-state index contributed by atoms with van der Waals surface area (Å²) in [4.78, 5) is 13.0. The van der Waals surface area contributed by atoms with Crippen LogP contribution in [0.1, 0.15) is 12.1 Å². The second-order valence-electron chi connectivity index (χ2n) is 7.51. The Kier molecular flexibility index (Phi) is 3.95. The van der Waals surface area contributed by atoms with Gasteiger partial charge in [0, 0.05) is 29.2 Å². The van der Waals surface area contributed by atoms with Crippen molar-refractivity contribution in [2.24, 2.45) is 0 Å². The van der Waals surface area contributed by atoms with Crippen LogP contribution in [0.2, 0.25) is 0 Å². The van der Waals surface area contributed by atoms with Crippen molar-refractivity contribution in [3.8, 4) is 22.6 Å². The third kappa shape index (κ3) is 2.81. The molecule has 5 aromatic rings. The van der Waals surface area contributed by atoms with E-state index in [1.165, 1.54) is 5.57 Å². The molecule has 0 aliphatic carbocycles. The van der Waals surface area contributed by atoms with Gasteiger partial charge in [-0.05, 0) is 54.9 Å². The first-order valence-electron chi connectivity index (χ1n) is 10.2. The Bertz CT molecular complexity index is 1390. The number of rotatable bonds is 3. The molecule has 0 atom stereocenters. The van der Waals surface area contributed by atoms with Gasteiger partial charge in [-0.1, -0.05) is 24.3 Å². The summed E-state index contributed by atoms with van der Waals surface area (Å²) in [6, 6.07) is 18.5. The summed E-state index contributed by atoms with van der Waals surface area (Å²) in [5.41, 5.74) is 9.04. The third-order valence-electron chi connectivity index (χ3n) is 5.66. The maximum Gasteiger partial charge on any atom is 0.135 e. The van der Waals surface area contributed by atoms with Gasteiger partial charge in [0.15, 0.2) is 0 Å². The lowest BCUT2D eigenvalue weighted by atomic mass is 10.0. The summed E-state index contributed by atoms with van der Waals surface area (Å²) in [6.45, 7) is 1.88. The lowest BCUT2D eigenvalue weighted by Crippen LogP contribution is -2.20. The molecule has 0 unspecified atom stereocenters. The highest BCUT2D eigenvalue weighted by atomic mass is 15.1. The third-order valence-corrected chi connectivity index (χ3v) is 5.66. The van der Waals surface area contributed by atoms with Crippen LogP contribution >= 0.6 is 0 Å². The summed E-state index contributed by atoms with van der Waals surface area (Å²) in [5, 5.41) is 12.2. The average molecular weight is 392 g/mol. The SMILES string of the molecule is C1=C(c2ccc3[nH]nc(-c4cc5c(-c6ccccn6)cccc5[nH]4)c3n2)CCNC1. The lowest BCUT2D eigenvalue weighted by molar-refractivity contribution is 0.737. The molecule has 0 saturated heterocycles. The number of aromatic nitrogens is 5. The molecular formula is C24H20N6. The highest BCUT2D eigenvalue weighted by molar-refractivity contribution is 5.99. The number of hydrogen-bond acceptors (Lipinski definition) is 4. The summed E-state index contributed by atoms with van der Waals surface area (Å²) in [5.74, 6) is 0. The van der Waals surface area contributed by atoms with Gasteiger partial charge in [0.1, 0.15) is 11.2 Å². The molecule has 3 N–H and O–H groups in total. The first kappa shape index (κ1) is 17.1. The monoisotopic (exact) mass is 392 g/mol. The fourth-order valence-corrected chi connectivity index (χ4v) is 4.15. The maximum absolute atomic E-state index is 4.96. The number of fused-ring (bicyclic) bond motifs is 2. The zero-order chi connectivity index (χ0) is 19.9. The molecule has 0 bridgehead atoms. The van der Waals surface area contributed by atoms with Gasteiger partial charge in [0.2, 0.25) is 0 Å². The van der Waals surface area contributed by atoms with E-state index < -0.39 is 0 Å². The summed E-state index contributed by atoms with van der Waals surface area (Å²) in [6.07, 6.45) is 5.04. The van der Waals surface area contributed by atoms with E-state index in [0.29, 0.717) is 0 Å². The Morgan fingerprint density at radius 1 is 0.900 bits per heavy atom. The van der Waals surface area contributed by atoms with Gasteiger partial charge in [-0.2, -0.15) is 5.10 Å². The molecule has 0 amide bonds. The minimum Gasteiger partial charge on any atom is -0.353 e. The van der Waals surface area contributed by atoms with Crippen LogP contribution in [-0.2, 0) is 0 Å². The molecule has 146 valence electrons. The van der Waals surface area contributed by atoms with Crippen molar-refractivity contribution >= 4 is 27.5 Å². The number of pyridine rings is 2. The van der Waals surface area contributed by atoms with Crippen LogP contribution in [-0.4, -0.2) is 38.2 Å². The van der Waals surface area contributed by atoms with Crippen LogP contribution in [0.5, 0.6) is 0 Å².